The van der Waals surface area contributed by atoms with Crippen molar-refractivity contribution in [3.63, 3.8) is 0 Å². The Balaban J connectivity index is 1.96. The third-order valence-electron chi connectivity index (χ3n) is 5.31. The van der Waals surface area contributed by atoms with E-state index in [0.717, 1.165) is 5.56 Å². The Morgan fingerprint density at radius 3 is 2.54 bits per heavy atom. The summed E-state index contributed by atoms with van der Waals surface area (Å²) >= 11 is 0. The molecule has 1 heterocycles. The van der Waals surface area contributed by atoms with Crippen LogP contribution in [0.5, 0.6) is 5.75 Å². The van der Waals surface area contributed by atoms with Crippen molar-refractivity contribution in [3.8, 4) is 16.9 Å². The van der Waals surface area contributed by atoms with E-state index < -0.39 is 17.9 Å². The second kappa shape index (κ2) is 11.3. The van der Waals surface area contributed by atoms with E-state index >= 15 is 0 Å². The Kier molecular flexibility index (Phi) is 8.25. The summed E-state index contributed by atoms with van der Waals surface area (Å²) in [5.41, 5.74) is 3.16. The van der Waals surface area contributed by atoms with E-state index in [0.29, 0.717) is 33.7 Å². The van der Waals surface area contributed by atoms with Gasteiger partial charge in [0.15, 0.2) is 0 Å². The number of nitrogens with one attached hydrogen (secondary N) is 2. The fraction of sp³-hybridized carbons (Fsp3) is 0.269. The normalized spacial score (nSPS) is 10.5. The third-order valence-corrected chi connectivity index (χ3v) is 5.31. The molecule has 184 valence electrons. The lowest BCUT2D eigenvalue weighted by Gasteiger charge is -2.16. The zero-order chi connectivity index (χ0) is 25.5. The number of pyridine rings is 1. The summed E-state index contributed by atoms with van der Waals surface area (Å²) in [6.07, 6.45) is -0.614. The van der Waals surface area contributed by atoms with Crippen LogP contribution in [0, 0.1) is 19.7 Å². The number of hydrogen-bond donors (Lipinski definition) is 2. The average Bonchev–Trinajstić information content (AvgIpc) is 2.82. The summed E-state index contributed by atoms with van der Waals surface area (Å²) in [5.74, 6) is -0.690. The van der Waals surface area contributed by atoms with Crippen LogP contribution in [0.3, 0.4) is 0 Å². The predicted octanol–water partition coefficient (Wildman–Crippen LogP) is 4.41. The smallest absolute Gasteiger partial charge is 0.407 e. The van der Waals surface area contributed by atoms with Crippen molar-refractivity contribution in [2.75, 3.05) is 13.7 Å². The highest BCUT2D eigenvalue weighted by atomic mass is 19.1. The number of H-pyrrole nitrogens is 1. The Hall–Kier alpha value is -4.14. The van der Waals surface area contributed by atoms with Crippen molar-refractivity contribution < 1.29 is 28.2 Å². The molecular formula is C26H27FN2O6. The van der Waals surface area contributed by atoms with E-state index in [-0.39, 0.29) is 30.9 Å². The SMILES string of the molecule is CCOC(=O)NCc1cc(F)ccc1COc1cc(C)[nH]c(=O)c1-c1cc(C(=O)OC)ccc1C. The molecule has 0 bridgehead atoms. The topological polar surface area (TPSA) is 107 Å². The first-order valence-electron chi connectivity index (χ1n) is 11.0. The molecule has 3 rings (SSSR count). The van der Waals surface area contributed by atoms with Gasteiger partial charge in [0.05, 0.1) is 24.8 Å². The minimum Gasteiger partial charge on any atom is -0.488 e. The molecule has 35 heavy (non-hydrogen) atoms. The Bertz CT molecular complexity index is 1300. The molecule has 1 amide bonds. The number of esters is 1. The summed E-state index contributed by atoms with van der Waals surface area (Å²) < 4.78 is 29.6. The van der Waals surface area contributed by atoms with Crippen LogP contribution in [0.4, 0.5) is 9.18 Å². The fourth-order valence-corrected chi connectivity index (χ4v) is 3.57. The first-order chi connectivity index (χ1) is 16.7. The van der Waals surface area contributed by atoms with Gasteiger partial charge >= 0.3 is 12.1 Å². The van der Waals surface area contributed by atoms with Gasteiger partial charge in [0.2, 0.25) is 0 Å². The molecule has 0 aliphatic carbocycles. The number of aryl methyl sites for hydroxylation is 2. The maximum atomic E-state index is 13.9. The lowest BCUT2D eigenvalue weighted by Crippen LogP contribution is -2.24. The lowest BCUT2D eigenvalue weighted by atomic mass is 9.98. The standard InChI is InChI=1S/C26H27FN2O6/c1-5-34-26(32)28-13-19-11-20(27)9-8-18(19)14-35-22-10-16(3)29-24(30)23(22)21-12-17(25(31)33-4)7-6-15(21)2/h6-12H,5,13-14H2,1-4H3,(H,28,32)(H,29,30). The lowest BCUT2D eigenvalue weighted by molar-refractivity contribution is 0.0600. The highest BCUT2D eigenvalue weighted by Crippen LogP contribution is 2.31. The number of amides is 1. The van der Waals surface area contributed by atoms with Crippen LogP contribution in [0.2, 0.25) is 0 Å². The van der Waals surface area contributed by atoms with Gasteiger partial charge in [-0.05, 0) is 67.3 Å². The average molecular weight is 483 g/mol. The Morgan fingerprint density at radius 2 is 1.83 bits per heavy atom. The van der Waals surface area contributed by atoms with Crippen LogP contribution >= 0.6 is 0 Å². The molecule has 0 spiro atoms. The Morgan fingerprint density at radius 1 is 1.06 bits per heavy atom. The molecule has 1 aromatic heterocycles. The van der Waals surface area contributed by atoms with Gasteiger partial charge in [-0.1, -0.05) is 12.1 Å². The van der Waals surface area contributed by atoms with Gasteiger partial charge in [-0.15, -0.1) is 0 Å². The number of rotatable bonds is 8. The van der Waals surface area contributed by atoms with Crippen LogP contribution in [0.25, 0.3) is 11.1 Å². The van der Waals surface area contributed by atoms with E-state index in [2.05, 4.69) is 10.3 Å². The van der Waals surface area contributed by atoms with Gasteiger partial charge in [-0.25, -0.2) is 14.0 Å². The summed E-state index contributed by atoms with van der Waals surface area (Å²) in [5, 5.41) is 2.57. The van der Waals surface area contributed by atoms with Crippen LogP contribution in [-0.4, -0.2) is 30.8 Å². The summed E-state index contributed by atoms with van der Waals surface area (Å²) in [7, 11) is 1.28. The molecule has 3 aromatic rings. The molecule has 2 aromatic carbocycles. The third kappa shape index (κ3) is 6.26. The van der Waals surface area contributed by atoms with Gasteiger partial charge in [-0.2, -0.15) is 0 Å². The molecule has 0 aliphatic heterocycles. The minimum atomic E-state index is -0.614. The van der Waals surface area contributed by atoms with Crippen molar-refractivity contribution in [2.45, 2.75) is 33.9 Å². The Labute approximate surface area is 202 Å². The van der Waals surface area contributed by atoms with Crippen molar-refractivity contribution in [1.82, 2.24) is 10.3 Å². The van der Waals surface area contributed by atoms with Crippen LogP contribution in [-0.2, 0) is 22.6 Å². The minimum absolute atomic E-state index is 0.00571. The van der Waals surface area contributed by atoms with Gasteiger partial charge < -0.3 is 24.5 Å². The van der Waals surface area contributed by atoms with Crippen LogP contribution < -0.4 is 15.6 Å². The molecule has 0 unspecified atom stereocenters. The molecule has 9 heteroatoms. The second-order valence-corrected chi connectivity index (χ2v) is 7.82. The van der Waals surface area contributed by atoms with E-state index in [1.165, 1.54) is 19.2 Å². The fourth-order valence-electron chi connectivity index (χ4n) is 3.57. The second-order valence-electron chi connectivity index (χ2n) is 7.82. The number of hydrogen-bond acceptors (Lipinski definition) is 6. The number of methoxy groups -OCH3 is 1. The zero-order valence-corrected chi connectivity index (χ0v) is 20.0. The molecule has 8 nitrogen and oxygen atoms in total. The highest BCUT2D eigenvalue weighted by molar-refractivity contribution is 5.91. The predicted molar refractivity (Wildman–Crippen MR) is 128 cm³/mol. The molecule has 0 fully saturated rings. The molecule has 0 aliphatic rings. The number of benzene rings is 2. The number of aromatic amines is 1. The molecule has 0 atom stereocenters. The first kappa shape index (κ1) is 25.5. The van der Waals surface area contributed by atoms with Gasteiger partial charge in [0.25, 0.3) is 5.56 Å². The van der Waals surface area contributed by atoms with Crippen LogP contribution in [0.15, 0.2) is 47.3 Å². The van der Waals surface area contributed by atoms with Crippen molar-refractivity contribution in [1.29, 1.82) is 0 Å². The number of carbonyl (C=O) groups excluding carboxylic acids is 2. The quantitative estimate of drug-likeness (QED) is 0.461. The van der Waals surface area contributed by atoms with E-state index in [4.69, 9.17) is 14.2 Å². The molecular weight excluding hydrogens is 455 g/mol. The number of halogens is 1. The monoisotopic (exact) mass is 482 g/mol. The van der Waals surface area contributed by atoms with Crippen molar-refractivity contribution in [3.05, 3.63) is 86.6 Å². The largest absolute Gasteiger partial charge is 0.488 e. The van der Waals surface area contributed by atoms with Gasteiger partial charge in [0, 0.05) is 18.3 Å². The summed E-state index contributed by atoms with van der Waals surface area (Å²) in [4.78, 5) is 39.4. The molecule has 0 saturated heterocycles. The number of carbonyl (C=O) groups is 2. The number of alkyl carbamates (subject to hydrolysis) is 1. The maximum Gasteiger partial charge on any atom is 0.407 e. The van der Waals surface area contributed by atoms with E-state index in [1.54, 1.807) is 44.2 Å². The maximum absolute atomic E-state index is 13.9. The van der Waals surface area contributed by atoms with Crippen molar-refractivity contribution >= 4 is 12.1 Å². The van der Waals surface area contributed by atoms with Crippen molar-refractivity contribution in [2.24, 2.45) is 0 Å². The highest BCUT2D eigenvalue weighted by Gasteiger charge is 2.18. The van der Waals surface area contributed by atoms with Gasteiger partial charge in [0.1, 0.15) is 18.2 Å². The number of ether oxygens (including phenoxy) is 3. The van der Waals surface area contributed by atoms with E-state index in [9.17, 15) is 18.8 Å². The number of aromatic nitrogens is 1. The van der Waals surface area contributed by atoms with Gasteiger partial charge in [-0.3, -0.25) is 4.79 Å². The molecule has 0 radical (unpaired) electrons. The molecule has 0 saturated carbocycles. The molecule has 2 N–H and O–H groups in total. The van der Waals surface area contributed by atoms with Crippen LogP contribution in [0.1, 0.15) is 39.7 Å². The van der Waals surface area contributed by atoms with E-state index in [1.807, 2.05) is 6.92 Å². The summed E-state index contributed by atoms with van der Waals surface area (Å²) in [6, 6.07) is 10.8. The zero-order valence-electron chi connectivity index (χ0n) is 20.0. The first-order valence-corrected chi connectivity index (χ1v) is 11.0. The summed E-state index contributed by atoms with van der Waals surface area (Å²) in [6.45, 7) is 5.49.